The van der Waals surface area contributed by atoms with Crippen LogP contribution in [0.2, 0.25) is 0 Å². The number of amides is 1. The molecule has 0 bridgehead atoms. The smallest absolute Gasteiger partial charge is 0.252 e. The maximum Gasteiger partial charge on any atom is 0.252 e. The lowest BCUT2D eigenvalue weighted by Crippen LogP contribution is -2.16. The maximum absolute atomic E-state index is 11.5. The number of nitrogens with zero attached hydrogens (tertiary/aromatic N) is 1. The molecule has 23 heavy (non-hydrogen) atoms. The van der Waals surface area contributed by atoms with E-state index in [1.165, 1.54) is 56.1 Å². The molecule has 1 aliphatic carbocycles. The fourth-order valence-corrected chi connectivity index (χ4v) is 3.85. The largest absolute Gasteiger partial charge is 0.375 e. The van der Waals surface area contributed by atoms with Crippen LogP contribution in [0.5, 0.6) is 0 Å². The molecular formula is C18H22N2O2S. The van der Waals surface area contributed by atoms with Gasteiger partial charge >= 0.3 is 0 Å². The Balaban J connectivity index is 1.67. The van der Waals surface area contributed by atoms with Crippen LogP contribution in [0.1, 0.15) is 43.6 Å². The topological polar surface area (TPSA) is 51.2 Å². The summed E-state index contributed by atoms with van der Waals surface area (Å²) in [4.78, 5) is 16.0. The summed E-state index contributed by atoms with van der Waals surface area (Å²) in [7, 11) is 1.50. The van der Waals surface area contributed by atoms with E-state index in [0.29, 0.717) is 5.13 Å². The Labute approximate surface area is 140 Å². The molecule has 1 aromatic heterocycles. The van der Waals surface area contributed by atoms with Crippen LogP contribution in [0.25, 0.3) is 11.3 Å². The van der Waals surface area contributed by atoms with E-state index in [1.807, 2.05) is 5.38 Å². The fraction of sp³-hybridized carbons (Fsp3) is 0.444. The average molecular weight is 330 g/mol. The molecule has 2 aromatic rings. The third-order valence-corrected chi connectivity index (χ3v) is 5.07. The summed E-state index contributed by atoms with van der Waals surface area (Å²) >= 11 is 1.43. The number of ether oxygens (including phenoxy) is 1. The highest BCUT2D eigenvalue weighted by Gasteiger charge is 2.15. The summed E-state index contributed by atoms with van der Waals surface area (Å²) in [6, 6.07) is 8.74. The number of anilines is 1. The lowest BCUT2D eigenvalue weighted by atomic mass is 9.84. The van der Waals surface area contributed by atoms with E-state index in [2.05, 4.69) is 34.6 Å². The second-order valence-electron chi connectivity index (χ2n) is 5.98. The van der Waals surface area contributed by atoms with Crippen molar-refractivity contribution in [3.05, 3.63) is 35.2 Å². The van der Waals surface area contributed by atoms with E-state index in [1.54, 1.807) is 0 Å². The van der Waals surface area contributed by atoms with E-state index in [9.17, 15) is 4.79 Å². The summed E-state index contributed by atoms with van der Waals surface area (Å²) < 4.78 is 4.80. The van der Waals surface area contributed by atoms with Crippen LogP contribution in [0.15, 0.2) is 29.6 Å². The molecule has 122 valence electrons. The van der Waals surface area contributed by atoms with Gasteiger partial charge < -0.3 is 4.74 Å². The van der Waals surface area contributed by atoms with Crippen molar-refractivity contribution >= 4 is 22.4 Å². The van der Waals surface area contributed by atoms with E-state index in [0.717, 1.165) is 17.2 Å². The van der Waals surface area contributed by atoms with E-state index in [4.69, 9.17) is 4.74 Å². The van der Waals surface area contributed by atoms with Crippen molar-refractivity contribution in [2.24, 2.45) is 0 Å². The van der Waals surface area contributed by atoms with E-state index < -0.39 is 0 Å². The monoisotopic (exact) mass is 330 g/mol. The molecule has 0 atom stereocenters. The van der Waals surface area contributed by atoms with Gasteiger partial charge in [0.15, 0.2) is 5.13 Å². The minimum absolute atomic E-state index is 0.0466. The summed E-state index contributed by atoms with van der Waals surface area (Å²) in [6.07, 6.45) is 6.70. The SMILES string of the molecule is COCC(=O)Nc1nc(-c2ccc(C3CCCCC3)cc2)cs1. The normalized spacial score (nSPS) is 15.5. The van der Waals surface area contributed by atoms with Gasteiger partial charge in [0.05, 0.1) is 5.69 Å². The number of thiazole rings is 1. The lowest BCUT2D eigenvalue weighted by molar-refractivity contribution is -0.119. The number of benzene rings is 1. The van der Waals surface area contributed by atoms with Gasteiger partial charge in [-0.3, -0.25) is 10.1 Å². The third-order valence-electron chi connectivity index (χ3n) is 4.31. The van der Waals surface area contributed by atoms with Crippen molar-refractivity contribution in [1.29, 1.82) is 0 Å². The lowest BCUT2D eigenvalue weighted by Gasteiger charge is -2.22. The number of rotatable bonds is 5. The third kappa shape index (κ3) is 4.18. The molecule has 0 spiro atoms. The molecule has 1 heterocycles. The zero-order valence-corrected chi connectivity index (χ0v) is 14.2. The zero-order valence-electron chi connectivity index (χ0n) is 13.4. The first kappa shape index (κ1) is 16.1. The molecule has 0 saturated heterocycles. The first-order valence-electron chi connectivity index (χ1n) is 8.11. The van der Waals surface area contributed by atoms with Crippen LogP contribution >= 0.6 is 11.3 Å². The van der Waals surface area contributed by atoms with Gasteiger partial charge in [0.1, 0.15) is 6.61 Å². The van der Waals surface area contributed by atoms with E-state index in [-0.39, 0.29) is 12.5 Å². The Bertz CT molecular complexity index is 645. The Morgan fingerprint density at radius 1 is 1.26 bits per heavy atom. The molecule has 0 radical (unpaired) electrons. The predicted octanol–water partition coefficient (Wildman–Crippen LogP) is 4.44. The van der Waals surface area contributed by atoms with Crippen LogP contribution in [0, 0.1) is 0 Å². The molecule has 4 nitrogen and oxygen atoms in total. The molecule has 1 fully saturated rings. The van der Waals surface area contributed by atoms with Gasteiger partial charge in [0.25, 0.3) is 5.91 Å². The zero-order chi connectivity index (χ0) is 16.1. The predicted molar refractivity (Wildman–Crippen MR) is 93.9 cm³/mol. The standard InChI is InChI=1S/C18H22N2O2S/c1-22-11-17(21)20-18-19-16(12-23-18)15-9-7-14(8-10-15)13-5-3-2-4-6-13/h7-10,12-13H,2-6,11H2,1H3,(H,19,20,21). The minimum atomic E-state index is -0.180. The highest BCUT2D eigenvalue weighted by atomic mass is 32.1. The van der Waals surface area contributed by atoms with Crippen molar-refractivity contribution in [2.75, 3.05) is 19.0 Å². The van der Waals surface area contributed by atoms with Gasteiger partial charge in [-0.2, -0.15) is 0 Å². The first-order chi connectivity index (χ1) is 11.3. The molecule has 1 amide bonds. The number of hydrogen-bond acceptors (Lipinski definition) is 4. The van der Waals surface area contributed by atoms with Gasteiger partial charge in [-0.05, 0) is 24.3 Å². The highest BCUT2D eigenvalue weighted by Crippen LogP contribution is 2.34. The maximum atomic E-state index is 11.5. The summed E-state index contributed by atoms with van der Waals surface area (Å²) in [6.45, 7) is 0.0466. The molecule has 1 aromatic carbocycles. The van der Waals surface area contributed by atoms with E-state index >= 15 is 0 Å². The summed E-state index contributed by atoms with van der Waals surface area (Å²) in [5.74, 6) is 0.540. The number of carbonyl (C=O) groups excluding carboxylic acids is 1. The van der Waals surface area contributed by atoms with Gasteiger partial charge in [0.2, 0.25) is 0 Å². The molecule has 0 aliphatic heterocycles. The Morgan fingerprint density at radius 3 is 2.70 bits per heavy atom. The molecule has 1 saturated carbocycles. The van der Waals surface area contributed by atoms with Crippen molar-refractivity contribution in [3.63, 3.8) is 0 Å². The second kappa shape index (κ2) is 7.70. The number of carbonyl (C=O) groups is 1. The second-order valence-corrected chi connectivity index (χ2v) is 6.83. The minimum Gasteiger partial charge on any atom is -0.375 e. The van der Waals surface area contributed by atoms with Crippen molar-refractivity contribution in [2.45, 2.75) is 38.0 Å². The van der Waals surface area contributed by atoms with Crippen LogP contribution in [-0.4, -0.2) is 24.6 Å². The van der Waals surface area contributed by atoms with Gasteiger partial charge in [0, 0.05) is 18.1 Å². The summed E-state index contributed by atoms with van der Waals surface area (Å²) in [5, 5.41) is 5.32. The van der Waals surface area contributed by atoms with Gasteiger partial charge in [-0.1, -0.05) is 43.5 Å². The van der Waals surface area contributed by atoms with Crippen LogP contribution in [0.3, 0.4) is 0 Å². The van der Waals surface area contributed by atoms with Crippen LogP contribution in [-0.2, 0) is 9.53 Å². The summed E-state index contributed by atoms with van der Waals surface area (Å²) in [5.41, 5.74) is 3.43. The number of aromatic nitrogens is 1. The Morgan fingerprint density at radius 2 is 2.00 bits per heavy atom. The fourth-order valence-electron chi connectivity index (χ4n) is 3.11. The quantitative estimate of drug-likeness (QED) is 0.881. The number of nitrogens with one attached hydrogen (secondary N) is 1. The van der Waals surface area contributed by atoms with Gasteiger partial charge in [-0.25, -0.2) is 4.98 Å². The van der Waals surface area contributed by atoms with Crippen molar-refractivity contribution in [3.8, 4) is 11.3 Å². The number of methoxy groups -OCH3 is 1. The molecule has 5 heteroatoms. The van der Waals surface area contributed by atoms with Crippen molar-refractivity contribution in [1.82, 2.24) is 4.98 Å². The van der Waals surface area contributed by atoms with Crippen LogP contribution in [0.4, 0.5) is 5.13 Å². The number of hydrogen-bond donors (Lipinski definition) is 1. The molecule has 3 rings (SSSR count). The van der Waals surface area contributed by atoms with Gasteiger partial charge in [-0.15, -0.1) is 11.3 Å². The average Bonchev–Trinajstić information content (AvgIpc) is 3.04. The molecule has 1 N–H and O–H groups in total. The van der Waals surface area contributed by atoms with Crippen LogP contribution < -0.4 is 5.32 Å². The Hall–Kier alpha value is -1.72. The van der Waals surface area contributed by atoms with Crippen molar-refractivity contribution < 1.29 is 9.53 Å². The Kier molecular flexibility index (Phi) is 5.41. The highest BCUT2D eigenvalue weighted by molar-refractivity contribution is 7.14. The first-order valence-corrected chi connectivity index (χ1v) is 8.99. The molecular weight excluding hydrogens is 308 g/mol. The molecule has 1 aliphatic rings. The molecule has 0 unspecified atom stereocenters.